The number of hydrogen-bond acceptors (Lipinski definition) is 6. The summed E-state index contributed by atoms with van der Waals surface area (Å²) >= 11 is 0. The van der Waals surface area contributed by atoms with Crippen LogP contribution in [-0.4, -0.2) is 47.6 Å². The number of hydrogen-bond donors (Lipinski definition) is 3. The van der Waals surface area contributed by atoms with Crippen molar-refractivity contribution in [1.29, 1.82) is 0 Å². The van der Waals surface area contributed by atoms with Crippen LogP contribution in [0.5, 0.6) is 11.5 Å². The zero-order valence-electron chi connectivity index (χ0n) is 13.9. The van der Waals surface area contributed by atoms with Gasteiger partial charge >= 0.3 is 12.1 Å². The third-order valence-corrected chi connectivity index (χ3v) is 3.28. The van der Waals surface area contributed by atoms with E-state index in [0.29, 0.717) is 6.07 Å². The van der Waals surface area contributed by atoms with E-state index in [2.05, 4.69) is 10.2 Å². The number of benzene rings is 1. The van der Waals surface area contributed by atoms with Crippen LogP contribution >= 0.6 is 0 Å². The van der Waals surface area contributed by atoms with Crippen LogP contribution in [0.2, 0.25) is 0 Å². The van der Waals surface area contributed by atoms with Crippen LogP contribution in [0.1, 0.15) is 32.1 Å². The molecule has 0 atom stereocenters. The maximum absolute atomic E-state index is 12.5. The molecule has 0 bridgehead atoms. The summed E-state index contributed by atoms with van der Waals surface area (Å²) in [6.07, 6.45) is -3.68. The minimum absolute atomic E-state index is 0.0533. The van der Waals surface area contributed by atoms with E-state index in [1.807, 2.05) is 5.43 Å². The van der Waals surface area contributed by atoms with E-state index in [4.69, 9.17) is 9.47 Å². The summed E-state index contributed by atoms with van der Waals surface area (Å²) in [4.78, 5) is 23.3. The van der Waals surface area contributed by atoms with Crippen molar-refractivity contribution in [2.75, 3.05) is 14.2 Å². The molecule has 1 amide bonds. The Balaban J connectivity index is 2.22. The van der Waals surface area contributed by atoms with Gasteiger partial charge in [0, 0.05) is 11.6 Å². The van der Waals surface area contributed by atoms with Gasteiger partial charge in [-0.2, -0.15) is 23.4 Å². The summed E-state index contributed by atoms with van der Waals surface area (Å²) in [6, 6.07) is 3.30. The van der Waals surface area contributed by atoms with Crippen LogP contribution in [0.25, 0.3) is 0 Å². The Morgan fingerprint density at radius 2 is 2.00 bits per heavy atom. The number of alkyl halides is 3. The Kier molecular flexibility index (Phi) is 5.68. The smallest absolute Gasteiger partial charge is 0.432 e. The SMILES string of the molecule is COc1ccc(/C=N/NC(=O)c2cc(C(F)(F)F)[nH]n2)c(C(=O)O)c1OC. The highest BCUT2D eigenvalue weighted by molar-refractivity contribution is 6.02. The fourth-order valence-corrected chi connectivity index (χ4v) is 2.07. The fourth-order valence-electron chi connectivity index (χ4n) is 2.07. The summed E-state index contributed by atoms with van der Waals surface area (Å²) in [5, 5.41) is 17.8. The first-order valence-electron chi connectivity index (χ1n) is 7.13. The maximum Gasteiger partial charge on any atom is 0.432 e. The van der Waals surface area contributed by atoms with Crippen LogP contribution < -0.4 is 14.9 Å². The van der Waals surface area contributed by atoms with Crippen molar-refractivity contribution in [2.24, 2.45) is 5.10 Å². The zero-order chi connectivity index (χ0) is 20.2. The lowest BCUT2D eigenvalue weighted by molar-refractivity contribution is -0.141. The molecule has 0 fully saturated rings. The predicted octanol–water partition coefficient (Wildman–Crippen LogP) is 1.91. The van der Waals surface area contributed by atoms with Crippen molar-refractivity contribution in [3.05, 3.63) is 40.7 Å². The molecule has 0 saturated heterocycles. The third-order valence-electron chi connectivity index (χ3n) is 3.28. The minimum atomic E-state index is -4.68. The van der Waals surface area contributed by atoms with E-state index >= 15 is 0 Å². The minimum Gasteiger partial charge on any atom is -0.493 e. The quantitative estimate of drug-likeness (QED) is 0.514. The number of H-pyrrole nitrogens is 1. The van der Waals surface area contributed by atoms with E-state index in [1.54, 1.807) is 5.10 Å². The number of aromatic nitrogens is 2. The number of nitrogens with zero attached hydrogens (tertiary/aromatic N) is 2. The molecule has 9 nitrogen and oxygen atoms in total. The summed E-state index contributed by atoms with van der Waals surface area (Å²) < 4.78 is 47.5. The van der Waals surface area contributed by atoms with Gasteiger partial charge in [0.25, 0.3) is 5.91 Å². The number of carboxylic acids is 1. The van der Waals surface area contributed by atoms with E-state index in [-0.39, 0.29) is 22.6 Å². The summed E-state index contributed by atoms with van der Waals surface area (Å²) in [5.74, 6) is -2.23. The van der Waals surface area contributed by atoms with Crippen LogP contribution in [0.15, 0.2) is 23.3 Å². The Morgan fingerprint density at radius 1 is 1.30 bits per heavy atom. The van der Waals surface area contributed by atoms with Crippen molar-refractivity contribution in [3.8, 4) is 11.5 Å². The number of carbonyl (C=O) groups excluding carboxylic acids is 1. The molecule has 0 unspecified atom stereocenters. The molecule has 3 N–H and O–H groups in total. The molecule has 144 valence electrons. The summed E-state index contributed by atoms with van der Waals surface area (Å²) in [7, 11) is 2.58. The van der Waals surface area contributed by atoms with Gasteiger partial charge < -0.3 is 14.6 Å². The number of aromatic carboxylic acids is 1. The highest BCUT2D eigenvalue weighted by Gasteiger charge is 2.33. The molecule has 0 aliphatic heterocycles. The molecule has 0 aliphatic rings. The van der Waals surface area contributed by atoms with Gasteiger partial charge in [0.1, 0.15) is 11.3 Å². The normalized spacial score (nSPS) is 11.4. The topological polar surface area (TPSA) is 126 Å². The van der Waals surface area contributed by atoms with E-state index in [9.17, 15) is 27.9 Å². The second-order valence-corrected chi connectivity index (χ2v) is 4.93. The van der Waals surface area contributed by atoms with Crippen molar-refractivity contribution in [3.63, 3.8) is 0 Å². The molecule has 27 heavy (non-hydrogen) atoms. The number of hydrazone groups is 1. The first kappa shape index (κ1) is 19.8. The second-order valence-electron chi connectivity index (χ2n) is 4.93. The first-order valence-corrected chi connectivity index (χ1v) is 7.13. The highest BCUT2D eigenvalue weighted by atomic mass is 19.4. The van der Waals surface area contributed by atoms with Gasteiger partial charge in [-0.1, -0.05) is 0 Å². The molecule has 0 spiro atoms. The molecule has 2 aromatic rings. The fraction of sp³-hybridized carbons (Fsp3) is 0.200. The predicted molar refractivity (Wildman–Crippen MR) is 85.2 cm³/mol. The highest BCUT2D eigenvalue weighted by Crippen LogP contribution is 2.33. The zero-order valence-corrected chi connectivity index (χ0v) is 13.9. The lowest BCUT2D eigenvalue weighted by atomic mass is 10.1. The molecule has 0 aliphatic carbocycles. The van der Waals surface area contributed by atoms with Gasteiger partial charge in [0.2, 0.25) is 0 Å². The number of nitrogens with one attached hydrogen (secondary N) is 2. The molecule has 0 saturated carbocycles. The van der Waals surface area contributed by atoms with Crippen molar-refractivity contribution in [2.45, 2.75) is 6.18 Å². The molecule has 1 aromatic heterocycles. The molecule has 12 heteroatoms. The van der Waals surface area contributed by atoms with Gasteiger partial charge in [-0.3, -0.25) is 9.89 Å². The molecular weight excluding hydrogens is 373 g/mol. The monoisotopic (exact) mass is 386 g/mol. The number of ether oxygens (including phenoxy) is 2. The lowest BCUT2D eigenvalue weighted by Gasteiger charge is -2.12. The second kappa shape index (κ2) is 7.76. The number of rotatable bonds is 6. The molecule has 1 aromatic carbocycles. The van der Waals surface area contributed by atoms with Gasteiger partial charge in [-0.05, 0) is 12.1 Å². The Hall–Kier alpha value is -3.57. The lowest BCUT2D eigenvalue weighted by Crippen LogP contribution is -2.18. The van der Waals surface area contributed by atoms with E-state index in [0.717, 1.165) is 6.21 Å². The number of amides is 1. The van der Waals surface area contributed by atoms with E-state index in [1.165, 1.54) is 26.4 Å². The summed E-state index contributed by atoms with van der Waals surface area (Å²) in [6.45, 7) is 0. The molecule has 2 rings (SSSR count). The number of methoxy groups -OCH3 is 2. The van der Waals surface area contributed by atoms with Crippen LogP contribution in [0.3, 0.4) is 0 Å². The number of carboxylic acid groups (broad SMARTS) is 1. The van der Waals surface area contributed by atoms with E-state index < -0.39 is 29.4 Å². The number of carbonyl (C=O) groups is 2. The number of aromatic amines is 1. The standard InChI is InChI=1S/C15H13F3N4O5/c1-26-9-4-3-7(11(14(24)25)12(9)27-2)6-19-22-13(23)8-5-10(21-20-8)15(16,17)18/h3-6H,1-2H3,(H,20,21)(H,22,23)(H,24,25)/b19-6+. The van der Waals surface area contributed by atoms with Crippen LogP contribution in [-0.2, 0) is 6.18 Å². The number of halogens is 3. The van der Waals surface area contributed by atoms with Crippen molar-refractivity contribution < 1.29 is 37.3 Å². The Morgan fingerprint density at radius 3 is 2.52 bits per heavy atom. The maximum atomic E-state index is 12.5. The molecular formula is C15H13F3N4O5. The van der Waals surface area contributed by atoms with Crippen molar-refractivity contribution in [1.82, 2.24) is 15.6 Å². The average molecular weight is 386 g/mol. The van der Waals surface area contributed by atoms with Crippen molar-refractivity contribution >= 4 is 18.1 Å². The van der Waals surface area contributed by atoms with Crippen LogP contribution in [0.4, 0.5) is 13.2 Å². The van der Waals surface area contributed by atoms with Gasteiger partial charge in [0.15, 0.2) is 17.2 Å². The largest absolute Gasteiger partial charge is 0.493 e. The third kappa shape index (κ3) is 4.34. The molecule has 1 heterocycles. The summed E-state index contributed by atoms with van der Waals surface area (Å²) in [5.41, 5.74) is 0.0317. The first-order chi connectivity index (χ1) is 12.7. The Labute approximate surface area is 149 Å². The molecule has 0 radical (unpaired) electrons. The van der Waals surface area contributed by atoms with Gasteiger partial charge in [-0.25, -0.2) is 10.2 Å². The average Bonchev–Trinajstić information content (AvgIpc) is 3.11. The Bertz CT molecular complexity index is 892. The van der Waals surface area contributed by atoms with Gasteiger partial charge in [-0.15, -0.1) is 0 Å². The van der Waals surface area contributed by atoms with Gasteiger partial charge in [0.05, 0.1) is 20.4 Å². The van der Waals surface area contributed by atoms with Crippen LogP contribution in [0, 0.1) is 0 Å².